The van der Waals surface area contributed by atoms with Crippen molar-refractivity contribution in [2.75, 3.05) is 38.6 Å². The number of piperidine rings is 1. The van der Waals surface area contributed by atoms with Crippen LogP contribution in [-0.4, -0.2) is 44.4 Å². The fourth-order valence-corrected chi connectivity index (χ4v) is 2.84. The molecule has 0 amide bonds. The second-order valence-electron chi connectivity index (χ2n) is 6.16. The number of anilines is 1. The molecular weight excluding hydrogens is 248 g/mol. The summed E-state index contributed by atoms with van der Waals surface area (Å²) in [7, 11) is 4.02. The topological polar surface area (TPSA) is 23.6 Å². The first kappa shape index (κ1) is 15.0. The first-order valence-corrected chi connectivity index (χ1v) is 7.59. The number of carbonyl (C=O) groups excluding carboxylic acids is 1. The molecule has 1 aromatic carbocycles. The average molecular weight is 274 g/mol. The first-order valence-electron chi connectivity index (χ1n) is 7.59. The third-order valence-electron chi connectivity index (χ3n) is 4.10. The summed E-state index contributed by atoms with van der Waals surface area (Å²) in [5.41, 5.74) is 1.96. The Hall–Kier alpha value is -1.35. The van der Waals surface area contributed by atoms with Gasteiger partial charge in [-0.3, -0.25) is 4.79 Å². The van der Waals surface area contributed by atoms with E-state index in [9.17, 15) is 4.79 Å². The van der Waals surface area contributed by atoms with Gasteiger partial charge < -0.3 is 9.80 Å². The zero-order chi connectivity index (χ0) is 14.5. The van der Waals surface area contributed by atoms with Crippen LogP contribution in [0.15, 0.2) is 24.3 Å². The normalized spacial score (nSPS) is 19.9. The molecule has 1 unspecified atom stereocenters. The zero-order valence-corrected chi connectivity index (χ0v) is 12.9. The van der Waals surface area contributed by atoms with Gasteiger partial charge in [-0.05, 0) is 49.6 Å². The van der Waals surface area contributed by atoms with Crippen LogP contribution in [0.5, 0.6) is 0 Å². The Morgan fingerprint density at radius 2 is 2.00 bits per heavy atom. The van der Waals surface area contributed by atoms with E-state index in [1.807, 2.05) is 43.3 Å². The van der Waals surface area contributed by atoms with E-state index in [4.69, 9.17) is 0 Å². The summed E-state index contributed by atoms with van der Waals surface area (Å²) in [5, 5.41) is 0. The van der Waals surface area contributed by atoms with Crippen LogP contribution in [0.4, 0.5) is 5.69 Å². The van der Waals surface area contributed by atoms with Gasteiger partial charge in [0.05, 0.1) is 0 Å². The van der Waals surface area contributed by atoms with Crippen molar-refractivity contribution in [3.63, 3.8) is 0 Å². The number of ketones is 1. The highest BCUT2D eigenvalue weighted by molar-refractivity contribution is 5.96. The molecule has 1 atom stereocenters. The molecule has 1 aliphatic rings. The lowest BCUT2D eigenvalue weighted by Crippen LogP contribution is -2.35. The Labute approximate surface area is 122 Å². The highest BCUT2D eigenvalue weighted by Gasteiger charge is 2.17. The van der Waals surface area contributed by atoms with Crippen molar-refractivity contribution in [2.45, 2.75) is 26.2 Å². The molecule has 0 aliphatic carbocycles. The zero-order valence-electron chi connectivity index (χ0n) is 12.9. The van der Waals surface area contributed by atoms with E-state index in [1.165, 1.54) is 12.8 Å². The Morgan fingerprint density at radius 3 is 2.60 bits per heavy atom. The van der Waals surface area contributed by atoms with Crippen molar-refractivity contribution in [3.05, 3.63) is 29.8 Å². The quantitative estimate of drug-likeness (QED) is 0.771. The minimum absolute atomic E-state index is 0.258. The predicted molar refractivity (Wildman–Crippen MR) is 84.6 cm³/mol. The summed E-state index contributed by atoms with van der Waals surface area (Å²) in [5.74, 6) is 1.03. The number of carbonyl (C=O) groups is 1. The number of Topliss-reactive ketones (excluding diaryl/α,β-unsaturated/α-hetero) is 1. The highest BCUT2D eigenvalue weighted by Crippen LogP contribution is 2.17. The molecule has 110 valence electrons. The van der Waals surface area contributed by atoms with Gasteiger partial charge >= 0.3 is 0 Å². The maximum atomic E-state index is 12.2. The van der Waals surface area contributed by atoms with Crippen LogP contribution >= 0.6 is 0 Å². The molecule has 1 heterocycles. The second kappa shape index (κ2) is 6.89. The summed E-state index contributed by atoms with van der Waals surface area (Å²) in [6, 6.07) is 7.90. The molecule has 2 rings (SSSR count). The minimum atomic E-state index is 0.258. The Morgan fingerprint density at radius 1 is 1.30 bits per heavy atom. The maximum Gasteiger partial charge on any atom is 0.164 e. The lowest BCUT2D eigenvalue weighted by molar-refractivity contribution is 0.0949. The van der Waals surface area contributed by atoms with Crippen molar-refractivity contribution in [3.8, 4) is 0 Å². The summed E-state index contributed by atoms with van der Waals surface area (Å²) < 4.78 is 0. The number of nitrogens with zero attached hydrogens (tertiary/aromatic N) is 2. The second-order valence-corrected chi connectivity index (χ2v) is 6.16. The fourth-order valence-electron chi connectivity index (χ4n) is 2.84. The van der Waals surface area contributed by atoms with Crippen molar-refractivity contribution in [1.29, 1.82) is 0 Å². The third kappa shape index (κ3) is 4.07. The van der Waals surface area contributed by atoms with Gasteiger partial charge in [-0.1, -0.05) is 6.92 Å². The Balaban J connectivity index is 1.85. The summed E-state index contributed by atoms with van der Waals surface area (Å²) in [6.45, 7) is 5.50. The van der Waals surface area contributed by atoms with Crippen molar-refractivity contribution in [2.24, 2.45) is 5.92 Å². The summed E-state index contributed by atoms with van der Waals surface area (Å²) in [6.07, 6.45) is 3.23. The SMILES string of the molecule is CC1CCCN(CCC(=O)c2ccc(N(C)C)cc2)C1. The Bertz CT molecular complexity index is 439. The average Bonchev–Trinajstić information content (AvgIpc) is 2.45. The molecule has 3 nitrogen and oxygen atoms in total. The highest BCUT2D eigenvalue weighted by atomic mass is 16.1. The third-order valence-corrected chi connectivity index (χ3v) is 4.10. The van der Waals surface area contributed by atoms with Crippen molar-refractivity contribution < 1.29 is 4.79 Å². The molecule has 20 heavy (non-hydrogen) atoms. The van der Waals surface area contributed by atoms with Crippen molar-refractivity contribution in [1.82, 2.24) is 4.90 Å². The molecule has 0 spiro atoms. The predicted octanol–water partition coefficient (Wildman–Crippen LogP) is 3.06. The van der Waals surface area contributed by atoms with Crippen LogP contribution < -0.4 is 4.90 Å². The van der Waals surface area contributed by atoms with Crippen LogP contribution in [-0.2, 0) is 0 Å². The van der Waals surface area contributed by atoms with Gasteiger partial charge in [0.2, 0.25) is 0 Å². The Kier molecular flexibility index (Phi) is 5.18. The number of likely N-dealkylation sites (tertiary alicyclic amines) is 1. The molecule has 0 bridgehead atoms. The number of benzene rings is 1. The van der Waals surface area contributed by atoms with Crippen molar-refractivity contribution >= 4 is 11.5 Å². The van der Waals surface area contributed by atoms with E-state index >= 15 is 0 Å². The molecule has 0 N–H and O–H groups in total. The van der Waals surface area contributed by atoms with Crippen LogP contribution in [0.2, 0.25) is 0 Å². The molecule has 1 saturated heterocycles. The molecule has 0 radical (unpaired) electrons. The number of hydrogen-bond donors (Lipinski definition) is 0. The smallest absolute Gasteiger partial charge is 0.164 e. The minimum Gasteiger partial charge on any atom is -0.378 e. The number of rotatable bonds is 5. The van der Waals surface area contributed by atoms with Gasteiger partial charge in [-0.25, -0.2) is 0 Å². The van der Waals surface area contributed by atoms with E-state index in [1.54, 1.807) is 0 Å². The van der Waals surface area contributed by atoms with E-state index in [-0.39, 0.29) is 5.78 Å². The monoisotopic (exact) mass is 274 g/mol. The van der Waals surface area contributed by atoms with Gasteiger partial charge in [0, 0.05) is 44.9 Å². The lowest BCUT2D eigenvalue weighted by atomic mass is 9.99. The standard InChI is InChI=1S/C17H26N2O/c1-14-5-4-11-19(13-14)12-10-17(20)15-6-8-16(9-7-15)18(2)3/h6-9,14H,4-5,10-13H2,1-3H3. The summed E-state index contributed by atoms with van der Waals surface area (Å²) in [4.78, 5) is 16.7. The van der Waals surface area contributed by atoms with Gasteiger partial charge in [0.1, 0.15) is 0 Å². The molecule has 1 fully saturated rings. The molecule has 3 heteroatoms. The van der Waals surface area contributed by atoms with Crippen LogP contribution in [0.1, 0.15) is 36.5 Å². The van der Waals surface area contributed by atoms with Crippen LogP contribution in [0.25, 0.3) is 0 Å². The van der Waals surface area contributed by atoms with E-state index in [0.717, 1.165) is 36.8 Å². The maximum absolute atomic E-state index is 12.2. The fraction of sp³-hybridized carbons (Fsp3) is 0.588. The van der Waals surface area contributed by atoms with E-state index in [0.29, 0.717) is 6.42 Å². The van der Waals surface area contributed by atoms with Gasteiger partial charge in [-0.15, -0.1) is 0 Å². The van der Waals surface area contributed by atoms with E-state index < -0.39 is 0 Å². The first-order chi connectivity index (χ1) is 9.56. The lowest BCUT2D eigenvalue weighted by Gasteiger charge is -2.30. The molecule has 0 aromatic heterocycles. The largest absolute Gasteiger partial charge is 0.378 e. The molecular formula is C17H26N2O. The number of hydrogen-bond acceptors (Lipinski definition) is 3. The van der Waals surface area contributed by atoms with E-state index in [2.05, 4.69) is 11.8 Å². The van der Waals surface area contributed by atoms with Gasteiger partial charge in [-0.2, -0.15) is 0 Å². The van der Waals surface area contributed by atoms with Gasteiger partial charge in [0.15, 0.2) is 5.78 Å². The van der Waals surface area contributed by atoms with Gasteiger partial charge in [0.25, 0.3) is 0 Å². The van der Waals surface area contributed by atoms with Crippen LogP contribution in [0, 0.1) is 5.92 Å². The summed E-state index contributed by atoms with van der Waals surface area (Å²) >= 11 is 0. The molecule has 1 aliphatic heterocycles. The van der Waals surface area contributed by atoms with Crippen LogP contribution in [0.3, 0.4) is 0 Å². The molecule has 0 saturated carbocycles. The molecule has 1 aromatic rings.